The normalized spacial score (nSPS) is 11.4. The summed E-state index contributed by atoms with van der Waals surface area (Å²) in [5.41, 5.74) is 2.94. The van der Waals surface area contributed by atoms with Gasteiger partial charge in [0.1, 0.15) is 0 Å². The lowest BCUT2D eigenvalue weighted by molar-refractivity contribution is 0.0697. The van der Waals surface area contributed by atoms with Crippen LogP contribution in [-0.2, 0) is 13.0 Å². The molecule has 0 aliphatic carbocycles. The van der Waals surface area contributed by atoms with Gasteiger partial charge in [-0.2, -0.15) is 0 Å². The summed E-state index contributed by atoms with van der Waals surface area (Å²) in [6.45, 7) is 6.15. The molecule has 22 heavy (non-hydrogen) atoms. The van der Waals surface area contributed by atoms with Crippen LogP contribution < -0.4 is 5.32 Å². The number of carboxylic acids is 1. The maximum Gasteiger partial charge on any atom is 0.335 e. The van der Waals surface area contributed by atoms with Gasteiger partial charge in [0.05, 0.1) is 5.56 Å². The number of carbonyl (C=O) groups is 1. The highest BCUT2D eigenvalue weighted by molar-refractivity contribution is 5.87. The second-order valence-electron chi connectivity index (χ2n) is 6.43. The predicted octanol–water partition coefficient (Wildman–Crippen LogP) is 3.74. The van der Waals surface area contributed by atoms with Gasteiger partial charge >= 0.3 is 5.97 Å². The number of rotatable bonds is 7. The summed E-state index contributed by atoms with van der Waals surface area (Å²) in [7, 11) is 0. The van der Waals surface area contributed by atoms with E-state index in [1.54, 1.807) is 12.1 Å². The lowest BCUT2D eigenvalue weighted by atomic mass is 9.85. The summed E-state index contributed by atoms with van der Waals surface area (Å²) < 4.78 is 0. The molecule has 0 atom stereocenters. The zero-order chi connectivity index (χ0) is 16.0. The molecule has 0 heterocycles. The molecule has 0 amide bonds. The molecule has 0 aliphatic rings. The smallest absolute Gasteiger partial charge is 0.335 e. The fraction of sp³-hybridized carbons (Fsp3) is 0.316. The van der Waals surface area contributed by atoms with Crippen molar-refractivity contribution < 1.29 is 9.90 Å². The second kappa shape index (κ2) is 7.23. The van der Waals surface area contributed by atoms with Gasteiger partial charge in [-0.25, -0.2) is 4.79 Å². The quantitative estimate of drug-likeness (QED) is 0.818. The van der Waals surface area contributed by atoms with Crippen LogP contribution in [0.5, 0.6) is 0 Å². The van der Waals surface area contributed by atoms with Gasteiger partial charge in [-0.05, 0) is 35.1 Å². The third kappa shape index (κ3) is 5.01. The fourth-order valence-electron chi connectivity index (χ4n) is 2.52. The summed E-state index contributed by atoms with van der Waals surface area (Å²) in [6.07, 6.45) is 1.03. The summed E-state index contributed by atoms with van der Waals surface area (Å²) >= 11 is 0. The van der Waals surface area contributed by atoms with Crippen LogP contribution in [0.3, 0.4) is 0 Å². The Labute approximate surface area is 132 Å². The Morgan fingerprint density at radius 2 is 1.64 bits per heavy atom. The molecular weight excluding hydrogens is 274 g/mol. The van der Waals surface area contributed by atoms with Crippen molar-refractivity contribution in [2.45, 2.75) is 26.8 Å². The van der Waals surface area contributed by atoms with Crippen LogP contribution in [0.1, 0.15) is 35.3 Å². The lowest BCUT2D eigenvalue weighted by Crippen LogP contribution is -2.30. The van der Waals surface area contributed by atoms with Gasteiger partial charge < -0.3 is 10.4 Å². The maximum absolute atomic E-state index is 10.8. The summed E-state index contributed by atoms with van der Waals surface area (Å²) in [5, 5.41) is 12.3. The van der Waals surface area contributed by atoms with E-state index in [2.05, 4.69) is 43.4 Å². The number of hydrogen-bond donors (Lipinski definition) is 2. The predicted molar refractivity (Wildman–Crippen MR) is 89.0 cm³/mol. The molecule has 116 valence electrons. The van der Waals surface area contributed by atoms with E-state index >= 15 is 0 Å². The highest BCUT2D eigenvalue weighted by Gasteiger charge is 2.17. The van der Waals surface area contributed by atoms with Crippen molar-refractivity contribution in [1.29, 1.82) is 0 Å². The van der Waals surface area contributed by atoms with Gasteiger partial charge in [0, 0.05) is 13.1 Å². The van der Waals surface area contributed by atoms with E-state index in [1.807, 2.05) is 18.2 Å². The van der Waals surface area contributed by atoms with Gasteiger partial charge in [0.15, 0.2) is 0 Å². The first-order valence-electron chi connectivity index (χ1n) is 7.53. The molecule has 0 bridgehead atoms. The molecule has 3 heteroatoms. The average molecular weight is 297 g/mol. The minimum absolute atomic E-state index is 0.169. The van der Waals surface area contributed by atoms with Crippen molar-refractivity contribution in [2.75, 3.05) is 6.54 Å². The average Bonchev–Trinajstić information content (AvgIpc) is 2.48. The van der Waals surface area contributed by atoms with Gasteiger partial charge in [-0.1, -0.05) is 56.3 Å². The molecule has 0 aromatic heterocycles. The summed E-state index contributed by atoms with van der Waals surface area (Å²) in [6, 6.07) is 17.5. The zero-order valence-electron chi connectivity index (χ0n) is 13.2. The number of carboxylic acid groups (broad SMARTS) is 1. The van der Waals surface area contributed by atoms with E-state index in [4.69, 9.17) is 5.11 Å². The molecule has 0 radical (unpaired) electrons. The monoisotopic (exact) mass is 297 g/mol. The molecule has 2 aromatic rings. The van der Waals surface area contributed by atoms with Crippen LogP contribution >= 0.6 is 0 Å². The van der Waals surface area contributed by atoms with Crippen LogP contribution in [0.15, 0.2) is 54.6 Å². The first-order valence-corrected chi connectivity index (χ1v) is 7.53. The molecule has 0 saturated heterocycles. The number of aromatic carboxylic acids is 1. The summed E-state index contributed by atoms with van der Waals surface area (Å²) in [5.74, 6) is -0.886. The van der Waals surface area contributed by atoms with E-state index in [-0.39, 0.29) is 5.41 Å². The first-order chi connectivity index (χ1) is 10.5. The molecule has 0 unspecified atom stereocenters. The molecule has 2 N–H and O–H groups in total. The number of nitrogens with one attached hydrogen (secondary N) is 1. The van der Waals surface area contributed by atoms with Crippen molar-refractivity contribution in [2.24, 2.45) is 5.41 Å². The van der Waals surface area contributed by atoms with Gasteiger partial charge in [-0.15, -0.1) is 0 Å². The zero-order valence-corrected chi connectivity index (χ0v) is 13.2. The minimum Gasteiger partial charge on any atom is -0.478 e. The van der Waals surface area contributed by atoms with E-state index in [9.17, 15) is 4.79 Å². The standard InChI is InChI=1S/C19H23NO2/c1-19(2,12-15-6-4-3-5-7-15)14-20-13-16-8-10-17(11-9-16)18(21)22/h3-11,20H,12-14H2,1-2H3,(H,21,22). The van der Waals surface area contributed by atoms with Crippen molar-refractivity contribution >= 4 is 5.97 Å². The van der Waals surface area contributed by atoms with Crippen LogP contribution in [0.25, 0.3) is 0 Å². The van der Waals surface area contributed by atoms with Crippen LogP contribution in [0, 0.1) is 5.41 Å². The Bertz CT molecular complexity index is 603. The highest BCUT2D eigenvalue weighted by Crippen LogP contribution is 2.20. The molecule has 0 saturated carbocycles. The fourth-order valence-corrected chi connectivity index (χ4v) is 2.52. The molecule has 2 aromatic carbocycles. The second-order valence-corrected chi connectivity index (χ2v) is 6.43. The van der Waals surface area contributed by atoms with E-state index in [0.29, 0.717) is 5.56 Å². The highest BCUT2D eigenvalue weighted by atomic mass is 16.4. The molecule has 0 fully saturated rings. The Morgan fingerprint density at radius 3 is 2.23 bits per heavy atom. The Kier molecular flexibility index (Phi) is 5.34. The molecule has 3 nitrogen and oxygen atoms in total. The van der Waals surface area contributed by atoms with Gasteiger partial charge in [0.25, 0.3) is 0 Å². The maximum atomic E-state index is 10.8. The van der Waals surface area contributed by atoms with E-state index < -0.39 is 5.97 Å². The van der Waals surface area contributed by atoms with Crippen molar-refractivity contribution in [3.05, 3.63) is 71.3 Å². The van der Waals surface area contributed by atoms with Gasteiger partial charge in [-0.3, -0.25) is 0 Å². The van der Waals surface area contributed by atoms with Crippen molar-refractivity contribution in [1.82, 2.24) is 5.32 Å². The Balaban J connectivity index is 1.83. The molecule has 0 spiro atoms. The lowest BCUT2D eigenvalue weighted by Gasteiger charge is -2.25. The third-order valence-electron chi connectivity index (χ3n) is 3.66. The topological polar surface area (TPSA) is 49.3 Å². The molecule has 2 rings (SSSR count). The van der Waals surface area contributed by atoms with Gasteiger partial charge in [0.2, 0.25) is 0 Å². The molecular formula is C19H23NO2. The first kappa shape index (κ1) is 16.2. The molecule has 0 aliphatic heterocycles. The van der Waals surface area contributed by atoms with Crippen molar-refractivity contribution in [3.63, 3.8) is 0 Å². The SMILES string of the molecule is CC(C)(CNCc1ccc(C(=O)O)cc1)Cc1ccccc1. The minimum atomic E-state index is -0.886. The number of hydrogen-bond acceptors (Lipinski definition) is 2. The third-order valence-corrected chi connectivity index (χ3v) is 3.66. The van der Waals surface area contributed by atoms with E-state index in [1.165, 1.54) is 5.56 Å². The van der Waals surface area contributed by atoms with Crippen LogP contribution in [0.4, 0.5) is 0 Å². The largest absolute Gasteiger partial charge is 0.478 e. The summed E-state index contributed by atoms with van der Waals surface area (Å²) in [4.78, 5) is 10.8. The Morgan fingerprint density at radius 1 is 1.00 bits per heavy atom. The van der Waals surface area contributed by atoms with Crippen molar-refractivity contribution in [3.8, 4) is 0 Å². The Hall–Kier alpha value is -2.13. The van der Waals surface area contributed by atoms with Crippen LogP contribution in [0.2, 0.25) is 0 Å². The van der Waals surface area contributed by atoms with Crippen LogP contribution in [-0.4, -0.2) is 17.6 Å². The van der Waals surface area contributed by atoms with E-state index in [0.717, 1.165) is 25.1 Å². The number of benzene rings is 2.